The van der Waals surface area contributed by atoms with Gasteiger partial charge in [-0.2, -0.15) is 4.31 Å². The van der Waals surface area contributed by atoms with Gasteiger partial charge in [0.2, 0.25) is 60.2 Å². The molecule has 6 heterocycles. The number of rotatable bonds is 31. The number of carbonyl (C=O) groups is 7. The Bertz CT molecular complexity index is 4250. The van der Waals surface area contributed by atoms with Crippen LogP contribution in [0.25, 0.3) is 22.3 Å². The van der Waals surface area contributed by atoms with Crippen molar-refractivity contribution in [2.45, 2.75) is 135 Å². The molecule has 0 bridgehead atoms. The summed E-state index contributed by atoms with van der Waals surface area (Å²) in [5.74, 6) is 1.80. The number of sulfone groups is 1. The first-order valence-corrected chi connectivity index (χ1v) is 34.7. The van der Waals surface area contributed by atoms with Crippen LogP contribution in [0.4, 0.5) is 10.5 Å². The number of ether oxygens (including phenoxy) is 5. The Balaban J connectivity index is 0.722. The number of aromatic nitrogens is 7. The second kappa shape index (κ2) is 32.3. The number of amides is 5. The summed E-state index contributed by atoms with van der Waals surface area (Å²) in [5.41, 5.74) is 2.52. The molecule has 2 aliphatic heterocycles. The van der Waals surface area contributed by atoms with Gasteiger partial charge in [-0.15, -0.1) is 5.10 Å². The summed E-state index contributed by atoms with van der Waals surface area (Å²) >= 11 is 0. The summed E-state index contributed by atoms with van der Waals surface area (Å²) in [6.45, 7) is 9.73. The second-order valence-electron chi connectivity index (χ2n) is 23.5. The monoisotopic (exact) mass is 1360 g/mol. The van der Waals surface area contributed by atoms with E-state index in [0.717, 1.165) is 22.8 Å². The minimum atomic E-state index is -3.54. The fourth-order valence-electron chi connectivity index (χ4n) is 10.6. The number of fused-ring (bicyclic) bond motifs is 5. The maximum absolute atomic E-state index is 14.4. The number of pyridine rings is 2. The van der Waals surface area contributed by atoms with Gasteiger partial charge in [0.25, 0.3) is 5.56 Å². The van der Waals surface area contributed by atoms with E-state index < -0.39 is 98.0 Å². The van der Waals surface area contributed by atoms with E-state index in [0.29, 0.717) is 65.2 Å². The average molecular weight is 1360 g/mol. The molecule has 2 aliphatic rings. The number of nitrogens with one attached hydrogen (secondary N) is 5. The van der Waals surface area contributed by atoms with Gasteiger partial charge in [-0.05, 0) is 81.3 Å². The predicted molar refractivity (Wildman–Crippen MR) is 346 cm³/mol. The van der Waals surface area contributed by atoms with Crippen LogP contribution in [0.3, 0.4) is 0 Å². The van der Waals surface area contributed by atoms with Gasteiger partial charge in [0.15, 0.2) is 0 Å². The van der Waals surface area contributed by atoms with E-state index in [1.165, 1.54) is 46.6 Å². The molecule has 0 unspecified atom stereocenters. The molecule has 32 heteroatoms. The van der Waals surface area contributed by atoms with Crippen molar-refractivity contribution in [1.29, 1.82) is 0 Å². The maximum atomic E-state index is 14.4. The standard InChI is InChI=1S/C64H77N13O17S2/c1-9-64(50-29-52-57-48(34-76(52)60(83)49(50)36-92-61(64)84)46(47-16-13-14-17-51(47)71-57)23-25-77(40(4)5)96(8,88)89)94-63(85)93-35-42-19-21-44(22-20-42)70-58(81)41(6)69-59(82)56(39(2)3)72-55(80)38-91-37-54(79)65-24-27-90-28-26-75-33-45(73-74-75)32-66-53(78)18-12-10-11-15-43-30-67-62(68-31-43)95(7,86)87/h13-14,16-17,19-22,29-31,33,39-41,56H,9-10,12,18,23-28,32,34-38H2,1-8H3,(H,65,79)(H,66,78)(H,69,82)(H,70,81)(H,72,80)/t41-,56-,64-/m0/s1. The fourth-order valence-corrected chi connectivity index (χ4v) is 12.3. The van der Waals surface area contributed by atoms with Gasteiger partial charge in [-0.3, -0.25) is 28.8 Å². The lowest BCUT2D eigenvalue weighted by Crippen LogP contribution is -2.54. The van der Waals surface area contributed by atoms with Crippen LogP contribution in [0.1, 0.15) is 106 Å². The van der Waals surface area contributed by atoms with Crippen LogP contribution in [-0.2, 0) is 117 Å². The second-order valence-corrected chi connectivity index (χ2v) is 27.3. The Morgan fingerprint density at radius 3 is 2.28 bits per heavy atom. The van der Waals surface area contributed by atoms with Crippen molar-refractivity contribution in [3.8, 4) is 23.2 Å². The molecule has 5 amide bonds. The summed E-state index contributed by atoms with van der Waals surface area (Å²) in [7, 11) is -7.05. The number of sulfonamides is 1. The molecule has 30 nitrogen and oxygen atoms in total. The lowest BCUT2D eigenvalue weighted by Gasteiger charge is -2.35. The Hall–Kier alpha value is -9.55. The van der Waals surface area contributed by atoms with Crippen LogP contribution in [0.15, 0.2) is 83.1 Å². The smallest absolute Gasteiger partial charge is 0.457 e. The Morgan fingerprint density at radius 2 is 1.58 bits per heavy atom. The molecule has 5 N–H and O–H groups in total. The van der Waals surface area contributed by atoms with E-state index >= 15 is 0 Å². The number of nitrogens with zero attached hydrogens (tertiary/aromatic N) is 8. The van der Waals surface area contributed by atoms with Crippen LogP contribution in [0.2, 0.25) is 0 Å². The highest BCUT2D eigenvalue weighted by molar-refractivity contribution is 7.90. The Morgan fingerprint density at radius 1 is 0.854 bits per heavy atom. The summed E-state index contributed by atoms with van der Waals surface area (Å²) in [6.07, 6.45) is 6.63. The largest absolute Gasteiger partial charge is 0.510 e. The van der Waals surface area contributed by atoms with Crippen LogP contribution < -0.4 is 32.1 Å². The van der Waals surface area contributed by atoms with Gasteiger partial charge in [0.05, 0.1) is 73.3 Å². The van der Waals surface area contributed by atoms with E-state index in [9.17, 15) is 55.2 Å². The van der Waals surface area contributed by atoms with Crippen molar-refractivity contribution in [3.63, 3.8) is 0 Å². The zero-order valence-corrected chi connectivity index (χ0v) is 56.0. The summed E-state index contributed by atoms with van der Waals surface area (Å²) < 4.78 is 80.7. The minimum absolute atomic E-state index is 0.112. The molecular formula is C64H77N13O17S2. The maximum Gasteiger partial charge on any atom is 0.510 e. The molecule has 3 atom stereocenters. The normalized spacial score (nSPS) is 14.7. The number of unbranched alkanes of at least 4 members (excludes halogenated alkanes) is 1. The molecule has 6 aromatic rings. The molecule has 512 valence electrons. The molecule has 96 heavy (non-hydrogen) atoms. The average Bonchev–Trinajstić information content (AvgIpc) is 1.53. The minimum Gasteiger partial charge on any atom is -0.457 e. The third-order valence-electron chi connectivity index (χ3n) is 15.6. The third-order valence-corrected chi connectivity index (χ3v) is 17.9. The highest BCUT2D eigenvalue weighted by Gasteiger charge is 2.51. The number of anilines is 1. The fraction of sp³-hybridized carbons (Fsp3) is 0.453. The quantitative estimate of drug-likeness (QED) is 0.0180. The topological polar surface area (TPSA) is 389 Å². The van der Waals surface area contributed by atoms with Crippen molar-refractivity contribution < 1.29 is 74.1 Å². The van der Waals surface area contributed by atoms with Crippen LogP contribution in [0, 0.1) is 17.8 Å². The number of carbonyl (C=O) groups excluding carboxylic acids is 7. The van der Waals surface area contributed by atoms with Crippen molar-refractivity contribution >= 4 is 78.1 Å². The highest BCUT2D eigenvalue weighted by Crippen LogP contribution is 2.42. The molecule has 2 aromatic carbocycles. The molecule has 0 saturated carbocycles. The number of benzene rings is 2. The van der Waals surface area contributed by atoms with Crippen LogP contribution >= 0.6 is 0 Å². The number of hydrogen-bond acceptors (Lipinski definition) is 22. The van der Waals surface area contributed by atoms with Crippen molar-refractivity contribution in [2.75, 3.05) is 57.3 Å². The van der Waals surface area contributed by atoms with Gasteiger partial charge < -0.3 is 54.8 Å². The molecule has 8 rings (SSSR count). The first kappa shape index (κ1) is 72.3. The van der Waals surface area contributed by atoms with E-state index in [2.05, 4.69) is 58.7 Å². The molecule has 0 spiro atoms. The zero-order valence-electron chi connectivity index (χ0n) is 54.4. The van der Waals surface area contributed by atoms with Crippen LogP contribution in [0.5, 0.6) is 0 Å². The molecule has 4 aromatic heterocycles. The van der Waals surface area contributed by atoms with E-state index in [-0.39, 0.29) is 93.7 Å². The SMILES string of the molecule is CC[C@@]1(OC(=O)OCc2ccc(NC(=O)[C@H](C)NC(=O)[C@@H](NC(=O)COCC(=O)NCCOCCn3cc(CNC(=O)CCCC#Cc4cnc(S(C)(=O)=O)nc4)nn3)C(C)C)cc2)C(=O)OCc2c1cc1n(c2=O)Cc2c-1nc1ccccc1c2CCN(C(C)C)S(C)(=O)=O. The summed E-state index contributed by atoms with van der Waals surface area (Å²) in [6, 6.07) is 12.8. The van der Waals surface area contributed by atoms with E-state index in [1.54, 1.807) is 63.7 Å². The van der Waals surface area contributed by atoms with Gasteiger partial charge in [0, 0.05) is 72.8 Å². The molecule has 0 aliphatic carbocycles. The summed E-state index contributed by atoms with van der Waals surface area (Å²) in [5, 5.41) is 21.9. The zero-order chi connectivity index (χ0) is 69.5. The lowest BCUT2D eigenvalue weighted by molar-refractivity contribution is -0.175. The lowest BCUT2D eigenvalue weighted by atomic mass is 9.85. The first-order valence-electron chi connectivity index (χ1n) is 30.9. The Labute approximate surface area is 554 Å². The predicted octanol–water partition coefficient (Wildman–Crippen LogP) is 2.71. The van der Waals surface area contributed by atoms with Crippen molar-refractivity contribution in [2.24, 2.45) is 5.92 Å². The molecule has 0 fully saturated rings. The summed E-state index contributed by atoms with van der Waals surface area (Å²) in [4.78, 5) is 118. The van der Waals surface area contributed by atoms with Crippen molar-refractivity contribution in [3.05, 3.63) is 123 Å². The van der Waals surface area contributed by atoms with Gasteiger partial charge in [0.1, 0.15) is 44.2 Å². The van der Waals surface area contributed by atoms with Crippen molar-refractivity contribution in [1.82, 2.24) is 60.1 Å². The van der Waals surface area contributed by atoms with E-state index in [4.69, 9.17) is 28.7 Å². The first-order chi connectivity index (χ1) is 45.6. The van der Waals surface area contributed by atoms with Gasteiger partial charge in [-0.25, -0.2) is 46.1 Å². The third kappa shape index (κ3) is 18.7. The van der Waals surface area contributed by atoms with Gasteiger partial charge in [-0.1, -0.05) is 68.2 Å². The van der Waals surface area contributed by atoms with Crippen LogP contribution in [-0.4, -0.2) is 167 Å². The molecular weight excluding hydrogens is 1290 g/mol. The Kier molecular flexibility index (Phi) is 24.3. The number of esters is 1. The highest BCUT2D eigenvalue weighted by atomic mass is 32.2. The van der Waals surface area contributed by atoms with Gasteiger partial charge >= 0.3 is 12.1 Å². The number of hydrogen-bond donors (Lipinski definition) is 5. The molecule has 0 saturated heterocycles. The number of para-hydroxylation sites is 1. The number of cyclic esters (lactones) is 1. The molecule has 0 radical (unpaired) electrons. The van der Waals surface area contributed by atoms with E-state index in [1.807, 2.05) is 24.3 Å².